The Hall–Kier alpha value is -2.55. The van der Waals surface area contributed by atoms with Gasteiger partial charge in [-0.15, -0.1) is 0 Å². The summed E-state index contributed by atoms with van der Waals surface area (Å²) in [6, 6.07) is 0. The van der Waals surface area contributed by atoms with E-state index in [0.717, 1.165) is 70.6 Å². The Morgan fingerprint density at radius 1 is 0.517 bits per heavy atom. The van der Waals surface area contributed by atoms with E-state index in [4.69, 9.17) is 18.5 Å². The summed E-state index contributed by atoms with van der Waals surface area (Å²) in [7, 11) is 1.44. The van der Waals surface area contributed by atoms with Gasteiger partial charge in [-0.2, -0.15) is 0 Å². The van der Waals surface area contributed by atoms with Gasteiger partial charge in [-0.05, 0) is 89.9 Å². The zero-order valence-corrected chi connectivity index (χ0v) is 39.8. The number of likely N-dealkylation sites (N-methyl/N-ethyl adjacent to an activating group) is 1. The van der Waals surface area contributed by atoms with E-state index in [9.17, 15) is 19.0 Å². The van der Waals surface area contributed by atoms with Gasteiger partial charge in [0.25, 0.3) is 0 Å². The molecule has 2 atom stereocenters. The van der Waals surface area contributed by atoms with Gasteiger partial charge in [-0.25, -0.2) is 4.57 Å². The molecular weight excluding hydrogens is 774 g/mol. The second kappa shape index (κ2) is 41.8. The number of quaternary nitrogens is 1. The third-order valence-corrected chi connectivity index (χ3v) is 10.7. The van der Waals surface area contributed by atoms with E-state index < -0.39 is 32.5 Å². The van der Waals surface area contributed by atoms with E-state index in [2.05, 4.69) is 86.8 Å². The van der Waals surface area contributed by atoms with Crippen molar-refractivity contribution in [1.29, 1.82) is 0 Å². The Bertz CT molecular complexity index is 1250. The first-order valence-corrected chi connectivity index (χ1v) is 25.2. The normalized spacial score (nSPS) is 14.2. The number of ether oxygens (including phenoxy) is 2. The van der Waals surface area contributed by atoms with Gasteiger partial charge in [-0.1, -0.05) is 151 Å². The largest absolute Gasteiger partial charge is 0.472 e. The number of phosphoric acid groups is 1. The standard InChI is InChI=1S/C50H88NO8P/c1-6-8-10-12-14-16-18-20-22-24-25-27-28-30-32-34-36-38-40-42-49(52)56-46-48(47-58-60(54,55)57-45-44-51(3,4)5)59-50(53)43-41-39-37-35-33-31-29-26-23-21-19-17-15-13-11-9-7-2/h14-17,20-23,25,27,30,32,48H,6-13,18-19,24,26,28-29,31,33-47H2,1-5H3/p+1/b16-14+,17-15+,22-20+,23-21+,27-25+,32-30+/t48-/m1/s1. The molecule has 346 valence electrons. The second-order valence-electron chi connectivity index (χ2n) is 16.8. The van der Waals surface area contributed by atoms with Gasteiger partial charge in [0.1, 0.15) is 19.8 Å². The van der Waals surface area contributed by atoms with Crippen LogP contribution in [0, 0.1) is 0 Å². The molecule has 10 heteroatoms. The summed E-state index contributed by atoms with van der Waals surface area (Å²) >= 11 is 0. The van der Waals surface area contributed by atoms with E-state index in [1.54, 1.807) is 0 Å². The van der Waals surface area contributed by atoms with Gasteiger partial charge < -0.3 is 18.9 Å². The first-order chi connectivity index (χ1) is 29.0. The maximum Gasteiger partial charge on any atom is 0.472 e. The number of carbonyl (C=O) groups excluding carboxylic acids is 2. The van der Waals surface area contributed by atoms with Gasteiger partial charge in [0.2, 0.25) is 0 Å². The van der Waals surface area contributed by atoms with Crippen molar-refractivity contribution in [3.05, 3.63) is 72.9 Å². The quantitative estimate of drug-likeness (QED) is 0.0212. The van der Waals surface area contributed by atoms with Crippen LogP contribution in [0.15, 0.2) is 72.9 Å². The summed E-state index contributed by atoms with van der Waals surface area (Å²) in [4.78, 5) is 35.4. The third kappa shape index (κ3) is 45.0. The topological polar surface area (TPSA) is 108 Å². The highest BCUT2D eigenvalue weighted by Crippen LogP contribution is 2.43. The van der Waals surface area contributed by atoms with Crippen LogP contribution in [0.25, 0.3) is 0 Å². The third-order valence-electron chi connectivity index (χ3n) is 9.71. The SMILES string of the molecule is CCCCC/C=C/C/C=C/C/C=C/C/C=C/CCCCCC(=O)OC[C@H](COP(=O)(O)OCC[N+](C)(C)C)OC(=O)CCCCCCCCC/C=C/C/C=C/CCCCC. The Labute approximate surface area is 368 Å². The predicted octanol–water partition coefficient (Wildman–Crippen LogP) is 13.8. The number of hydrogen-bond acceptors (Lipinski definition) is 7. The Kier molecular flexibility index (Phi) is 40.0. The highest BCUT2D eigenvalue weighted by molar-refractivity contribution is 7.47. The maximum absolute atomic E-state index is 12.7. The summed E-state index contributed by atoms with van der Waals surface area (Å²) in [5.74, 6) is -0.848. The lowest BCUT2D eigenvalue weighted by Gasteiger charge is -2.24. The highest BCUT2D eigenvalue weighted by atomic mass is 31.2. The molecule has 0 heterocycles. The Balaban J connectivity index is 4.41. The summed E-state index contributed by atoms with van der Waals surface area (Å²) in [5, 5.41) is 0. The molecule has 0 saturated heterocycles. The van der Waals surface area contributed by atoms with Crippen LogP contribution < -0.4 is 0 Å². The number of nitrogens with zero attached hydrogens (tertiary/aromatic N) is 1. The molecule has 0 saturated carbocycles. The van der Waals surface area contributed by atoms with Crippen LogP contribution in [0.4, 0.5) is 0 Å². The van der Waals surface area contributed by atoms with Crippen LogP contribution in [-0.2, 0) is 32.7 Å². The average Bonchev–Trinajstić information content (AvgIpc) is 3.20. The van der Waals surface area contributed by atoms with Gasteiger partial charge >= 0.3 is 19.8 Å². The van der Waals surface area contributed by atoms with Crippen LogP contribution in [-0.4, -0.2) is 74.9 Å². The molecule has 0 aromatic rings. The molecule has 0 radical (unpaired) electrons. The summed E-state index contributed by atoms with van der Waals surface area (Å²) < 4.78 is 34.3. The Morgan fingerprint density at radius 3 is 1.35 bits per heavy atom. The first kappa shape index (κ1) is 57.4. The molecule has 0 aromatic carbocycles. The molecule has 9 nitrogen and oxygen atoms in total. The number of esters is 2. The second-order valence-corrected chi connectivity index (χ2v) is 18.2. The summed E-state index contributed by atoms with van der Waals surface area (Å²) in [6.07, 6.45) is 52.3. The zero-order chi connectivity index (χ0) is 44.3. The molecule has 0 amide bonds. The van der Waals surface area contributed by atoms with E-state index in [1.807, 2.05) is 21.1 Å². The number of rotatable bonds is 42. The number of unbranched alkanes of at least 4 members (excludes halogenated alkanes) is 16. The summed E-state index contributed by atoms with van der Waals surface area (Å²) in [6.45, 7) is 4.31. The summed E-state index contributed by atoms with van der Waals surface area (Å²) in [5.41, 5.74) is 0. The number of hydrogen-bond donors (Lipinski definition) is 1. The van der Waals surface area contributed by atoms with Gasteiger partial charge in [0.15, 0.2) is 6.10 Å². The molecule has 0 aliphatic rings. The van der Waals surface area contributed by atoms with Crippen molar-refractivity contribution in [2.45, 2.75) is 187 Å². The first-order valence-electron chi connectivity index (χ1n) is 23.7. The van der Waals surface area contributed by atoms with Gasteiger partial charge in [0.05, 0.1) is 27.7 Å². The van der Waals surface area contributed by atoms with Crippen molar-refractivity contribution in [1.82, 2.24) is 0 Å². The van der Waals surface area contributed by atoms with Crippen LogP contribution >= 0.6 is 7.82 Å². The average molecular weight is 863 g/mol. The fraction of sp³-hybridized carbons (Fsp3) is 0.720. The van der Waals surface area contributed by atoms with Crippen molar-refractivity contribution in [3.63, 3.8) is 0 Å². The van der Waals surface area contributed by atoms with Crippen LogP contribution in [0.5, 0.6) is 0 Å². The minimum absolute atomic E-state index is 0.0211. The molecule has 0 spiro atoms. The van der Waals surface area contributed by atoms with Gasteiger partial charge in [-0.3, -0.25) is 18.6 Å². The number of phosphoric ester groups is 1. The van der Waals surface area contributed by atoms with E-state index in [-0.39, 0.29) is 26.1 Å². The van der Waals surface area contributed by atoms with Crippen molar-refractivity contribution < 1.29 is 42.1 Å². The number of carbonyl (C=O) groups is 2. The van der Waals surface area contributed by atoms with Crippen molar-refractivity contribution in [3.8, 4) is 0 Å². The van der Waals surface area contributed by atoms with Crippen molar-refractivity contribution >= 4 is 19.8 Å². The molecule has 0 aromatic heterocycles. The maximum atomic E-state index is 12.7. The van der Waals surface area contributed by atoms with Crippen molar-refractivity contribution in [2.75, 3.05) is 47.5 Å². The monoisotopic (exact) mass is 863 g/mol. The molecule has 0 bridgehead atoms. The van der Waals surface area contributed by atoms with Gasteiger partial charge in [0, 0.05) is 12.8 Å². The zero-order valence-electron chi connectivity index (χ0n) is 38.9. The molecular formula is C50H89NO8P+. The molecule has 1 unspecified atom stereocenters. The minimum Gasteiger partial charge on any atom is -0.462 e. The Morgan fingerprint density at radius 2 is 0.900 bits per heavy atom. The van der Waals surface area contributed by atoms with E-state index in [0.29, 0.717) is 23.9 Å². The van der Waals surface area contributed by atoms with E-state index >= 15 is 0 Å². The molecule has 0 fully saturated rings. The van der Waals surface area contributed by atoms with Crippen molar-refractivity contribution in [2.24, 2.45) is 0 Å². The number of allylic oxidation sites excluding steroid dienone is 12. The van der Waals surface area contributed by atoms with Crippen LogP contribution in [0.3, 0.4) is 0 Å². The molecule has 60 heavy (non-hydrogen) atoms. The van der Waals surface area contributed by atoms with Crippen LogP contribution in [0.2, 0.25) is 0 Å². The minimum atomic E-state index is -4.39. The lowest BCUT2D eigenvalue weighted by Crippen LogP contribution is -2.37. The predicted molar refractivity (Wildman–Crippen MR) is 252 cm³/mol. The lowest BCUT2D eigenvalue weighted by atomic mass is 10.1. The molecule has 0 aliphatic heterocycles. The lowest BCUT2D eigenvalue weighted by molar-refractivity contribution is -0.870. The highest BCUT2D eigenvalue weighted by Gasteiger charge is 2.27. The fourth-order valence-electron chi connectivity index (χ4n) is 5.97. The molecule has 0 rings (SSSR count). The smallest absolute Gasteiger partial charge is 0.462 e. The molecule has 1 N–H and O–H groups in total. The molecule has 0 aliphatic carbocycles. The van der Waals surface area contributed by atoms with Crippen LogP contribution in [0.1, 0.15) is 181 Å². The fourth-order valence-corrected chi connectivity index (χ4v) is 6.71. The van der Waals surface area contributed by atoms with E-state index in [1.165, 1.54) is 70.6 Å².